The Morgan fingerprint density at radius 3 is 2.46 bits per heavy atom. The molecule has 2 N–H and O–H groups in total. The van der Waals surface area contributed by atoms with Crippen LogP contribution >= 0.6 is 0 Å². The third kappa shape index (κ3) is 4.33. The maximum atomic E-state index is 12.3. The van der Waals surface area contributed by atoms with E-state index in [0.717, 1.165) is 29.9 Å². The molecule has 0 radical (unpaired) electrons. The maximum Gasteiger partial charge on any atom is 0.319 e. The molecule has 134 valence electrons. The topological polar surface area (TPSA) is 46.1 Å². The summed E-state index contributed by atoms with van der Waals surface area (Å²) in [6, 6.07) is 20.1. The zero-order valence-corrected chi connectivity index (χ0v) is 15.3. The third-order valence-electron chi connectivity index (χ3n) is 4.60. The van der Waals surface area contributed by atoms with Gasteiger partial charge in [0.05, 0.1) is 6.54 Å². The lowest BCUT2D eigenvalue weighted by molar-refractivity contribution is 0.251. The van der Waals surface area contributed by atoms with Gasteiger partial charge in [0, 0.05) is 24.1 Å². The van der Waals surface area contributed by atoms with Crippen LogP contribution in [0.1, 0.15) is 29.3 Å². The van der Waals surface area contributed by atoms with Crippen molar-refractivity contribution in [2.24, 2.45) is 0 Å². The van der Waals surface area contributed by atoms with Gasteiger partial charge in [-0.25, -0.2) is 4.79 Å². The van der Waals surface area contributed by atoms with E-state index in [1.807, 2.05) is 42.6 Å². The van der Waals surface area contributed by atoms with Crippen LogP contribution in [-0.2, 0) is 19.5 Å². The van der Waals surface area contributed by atoms with Gasteiger partial charge in [0.1, 0.15) is 0 Å². The minimum atomic E-state index is -0.186. The molecule has 2 amide bonds. The van der Waals surface area contributed by atoms with Crippen molar-refractivity contribution in [2.45, 2.75) is 33.4 Å². The van der Waals surface area contributed by atoms with Crippen molar-refractivity contribution in [1.29, 1.82) is 0 Å². The van der Waals surface area contributed by atoms with Gasteiger partial charge in [-0.2, -0.15) is 0 Å². The smallest absolute Gasteiger partial charge is 0.319 e. The summed E-state index contributed by atoms with van der Waals surface area (Å²) >= 11 is 0. The summed E-state index contributed by atoms with van der Waals surface area (Å²) in [6.45, 7) is 5.49. The predicted molar refractivity (Wildman–Crippen MR) is 106 cm³/mol. The van der Waals surface area contributed by atoms with Crippen molar-refractivity contribution < 1.29 is 4.79 Å². The molecule has 0 aliphatic carbocycles. The van der Waals surface area contributed by atoms with E-state index in [0.29, 0.717) is 6.54 Å². The molecule has 1 aromatic heterocycles. The Labute approximate surface area is 154 Å². The fraction of sp³-hybridized carbons (Fsp3) is 0.227. The van der Waals surface area contributed by atoms with Crippen molar-refractivity contribution >= 4 is 11.7 Å². The van der Waals surface area contributed by atoms with Crippen molar-refractivity contribution in [3.05, 3.63) is 89.2 Å². The number of urea groups is 1. The highest BCUT2D eigenvalue weighted by molar-refractivity contribution is 5.90. The van der Waals surface area contributed by atoms with Gasteiger partial charge in [-0.3, -0.25) is 0 Å². The second-order valence-corrected chi connectivity index (χ2v) is 6.37. The van der Waals surface area contributed by atoms with Gasteiger partial charge in [-0.05, 0) is 48.2 Å². The van der Waals surface area contributed by atoms with Crippen LogP contribution in [0, 0.1) is 6.92 Å². The first kappa shape index (κ1) is 17.8. The van der Waals surface area contributed by atoms with E-state index in [2.05, 4.69) is 53.3 Å². The average Bonchev–Trinajstić information content (AvgIpc) is 3.09. The van der Waals surface area contributed by atoms with Crippen LogP contribution in [0.3, 0.4) is 0 Å². The highest BCUT2D eigenvalue weighted by Crippen LogP contribution is 2.15. The van der Waals surface area contributed by atoms with Crippen LogP contribution in [0.5, 0.6) is 0 Å². The summed E-state index contributed by atoms with van der Waals surface area (Å²) < 4.78 is 2.17. The minimum Gasteiger partial charge on any atom is -0.345 e. The Kier molecular flexibility index (Phi) is 5.74. The fourth-order valence-corrected chi connectivity index (χ4v) is 3.02. The summed E-state index contributed by atoms with van der Waals surface area (Å²) in [7, 11) is 0. The van der Waals surface area contributed by atoms with Gasteiger partial charge < -0.3 is 15.2 Å². The minimum absolute atomic E-state index is 0.186. The number of hydrogen-bond donors (Lipinski definition) is 2. The lowest BCUT2D eigenvalue weighted by Gasteiger charge is -2.13. The van der Waals surface area contributed by atoms with E-state index in [9.17, 15) is 4.79 Å². The molecule has 0 aliphatic heterocycles. The summed E-state index contributed by atoms with van der Waals surface area (Å²) in [6.07, 6.45) is 2.93. The molecule has 0 atom stereocenters. The first-order valence-electron chi connectivity index (χ1n) is 8.98. The molecular weight excluding hydrogens is 322 g/mol. The second kappa shape index (κ2) is 8.39. The molecule has 0 aliphatic rings. The first-order chi connectivity index (χ1) is 12.7. The molecule has 3 aromatic rings. The maximum absolute atomic E-state index is 12.3. The quantitative estimate of drug-likeness (QED) is 0.665. The largest absolute Gasteiger partial charge is 0.345 e. The van der Waals surface area contributed by atoms with E-state index in [1.54, 1.807) is 0 Å². The number of benzene rings is 2. The molecular formula is C22H25N3O. The van der Waals surface area contributed by atoms with Crippen LogP contribution in [0.2, 0.25) is 0 Å². The Hall–Kier alpha value is -3.01. The number of hydrogen-bond acceptors (Lipinski definition) is 1. The number of amides is 2. The highest BCUT2D eigenvalue weighted by atomic mass is 16.2. The molecule has 2 aromatic carbocycles. The van der Waals surface area contributed by atoms with E-state index in [4.69, 9.17) is 0 Å². The second-order valence-electron chi connectivity index (χ2n) is 6.37. The average molecular weight is 347 g/mol. The summed E-state index contributed by atoms with van der Waals surface area (Å²) in [5.74, 6) is 0. The van der Waals surface area contributed by atoms with Gasteiger partial charge >= 0.3 is 6.03 Å². The first-order valence-corrected chi connectivity index (χ1v) is 8.98. The molecule has 0 saturated heterocycles. The number of nitrogens with zero attached hydrogens (tertiary/aromatic N) is 1. The summed E-state index contributed by atoms with van der Waals surface area (Å²) in [4.78, 5) is 12.3. The molecule has 4 nitrogen and oxygen atoms in total. The molecule has 0 fully saturated rings. The lowest BCUT2D eigenvalue weighted by Crippen LogP contribution is -2.29. The van der Waals surface area contributed by atoms with Gasteiger partial charge in [0.25, 0.3) is 0 Å². The number of aromatic nitrogens is 1. The Bertz CT molecular complexity index is 882. The zero-order valence-electron chi connectivity index (χ0n) is 15.3. The van der Waals surface area contributed by atoms with Crippen molar-refractivity contribution in [3.63, 3.8) is 0 Å². The third-order valence-corrected chi connectivity index (χ3v) is 4.60. The van der Waals surface area contributed by atoms with Gasteiger partial charge in [-0.1, -0.05) is 49.4 Å². The van der Waals surface area contributed by atoms with Crippen LogP contribution in [-0.4, -0.2) is 10.6 Å². The molecule has 26 heavy (non-hydrogen) atoms. The van der Waals surface area contributed by atoms with E-state index in [1.165, 1.54) is 11.1 Å². The molecule has 3 rings (SSSR count). The summed E-state index contributed by atoms with van der Waals surface area (Å²) in [5, 5.41) is 5.90. The normalized spacial score (nSPS) is 10.5. The Morgan fingerprint density at radius 1 is 0.962 bits per heavy atom. The molecule has 0 spiro atoms. The number of aryl methyl sites for hydroxylation is 2. The molecule has 0 saturated carbocycles. The van der Waals surface area contributed by atoms with Crippen LogP contribution in [0.4, 0.5) is 10.5 Å². The number of rotatable bonds is 6. The van der Waals surface area contributed by atoms with Crippen LogP contribution < -0.4 is 10.6 Å². The zero-order chi connectivity index (χ0) is 18.4. The van der Waals surface area contributed by atoms with E-state index >= 15 is 0 Å². The molecule has 0 unspecified atom stereocenters. The summed E-state index contributed by atoms with van der Waals surface area (Å²) in [5.41, 5.74) is 5.63. The standard InChI is InChI=1S/C22H25N3O/c1-3-18-10-6-7-13-21(18)24-22(26)23-15-20-12-8-14-25(20)16-19-11-5-4-9-17(19)2/h4-14H,3,15-16H2,1-2H3,(H2,23,24,26). The number of anilines is 1. The lowest BCUT2D eigenvalue weighted by atomic mass is 10.1. The van der Waals surface area contributed by atoms with E-state index < -0.39 is 0 Å². The highest BCUT2D eigenvalue weighted by Gasteiger charge is 2.08. The molecule has 1 heterocycles. The molecule has 4 heteroatoms. The molecule has 0 bridgehead atoms. The van der Waals surface area contributed by atoms with Crippen LogP contribution in [0.15, 0.2) is 66.9 Å². The number of carbonyl (C=O) groups is 1. The number of carbonyl (C=O) groups excluding carboxylic acids is 1. The van der Waals surface area contributed by atoms with Gasteiger partial charge in [-0.15, -0.1) is 0 Å². The van der Waals surface area contributed by atoms with Gasteiger partial charge in [0.15, 0.2) is 0 Å². The Balaban J connectivity index is 1.61. The van der Waals surface area contributed by atoms with Crippen molar-refractivity contribution in [2.75, 3.05) is 5.32 Å². The predicted octanol–water partition coefficient (Wildman–Crippen LogP) is 4.73. The number of para-hydroxylation sites is 1. The van der Waals surface area contributed by atoms with Gasteiger partial charge in [0.2, 0.25) is 0 Å². The fourth-order valence-electron chi connectivity index (χ4n) is 3.02. The Morgan fingerprint density at radius 2 is 1.69 bits per heavy atom. The van der Waals surface area contributed by atoms with E-state index in [-0.39, 0.29) is 6.03 Å². The SMILES string of the molecule is CCc1ccccc1NC(=O)NCc1cccn1Cc1ccccc1C. The van der Waals surface area contributed by atoms with Crippen molar-refractivity contribution in [3.8, 4) is 0 Å². The number of nitrogens with one attached hydrogen (secondary N) is 2. The van der Waals surface area contributed by atoms with Crippen LogP contribution in [0.25, 0.3) is 0 Å². The van der Waals surface area contributed by atoms with Crippen molar-refractivity contribution in [1.82, 2.24) is 9.88 Å². The monoisotopic (exact) mass is 347 g/mol.